The van der Waals surface area contributed by atoms with E-state index < -0.39 is 0 Å². The first kappa shape index (κ1) is 19.0. The van der Waals surface area contributed by atoms with Crippen molar-refractivity contribution in [2.75, 3.05) is 17.2 Å². The number of carbonyl (C=O) groups excluding carboxylic acids is 3. The number of anilines is 2. The van der Waals surface area contributed by atoms with Crippen molar-refractivity contribution >= 4 is 40.7 Å². The molecule has 1 aromatic carbocycles. The predicted molar refractivity (Wildman–Crippen MR) is 91.5 cm³/mol. The van der Waals surface area contributed by atoms with E-state index in [1.165, 1.54) is 13.8 Å². The van der Waals surface area contributed by atoms with Gasteiger partial charge in [-0.15, -0.1) is 0 Å². The highest BCUT2D eigenvalue weighted by atomic mass is 35.5. The molecule has 0 aromatic heterocycles. The molecular formula is C16H22ClN3O3. The van der Waals surface area contributed by atoms with Gasteiger partial charge in [-0.1, -0.05) is 18.0 Å². The number of benzene rings is 1. The number of carbonyl (C=O) groups is 3. The molecule has 0 radical (unpaired) electrons. The average molecular weight is 340 g/mol. The second-order valence-corrected chi connectivity index (χ2v) is 5.62. The minimum absolute atomic E-state index is 0.0450. The Morgan fingerprint density at radius 2 is 1.74 bits per heavy atom. The van der Waals surface area contributed by atoms with Crippen molar-refractivity contribution in [1.29, 1.82) is 0 Å². The summed E-state index contributed by atoms with van der Waals surface area (Å²) < 4.78 is 0. The Balaban J connectivity index is 2.38. The summed E-state index contributed by atoms with van der Waals surface area (Å²) >= 11 is 6.04. The summed E-state index contributed by atoms with van der Waals surface area (Å²) in [6.07, 6.45) is 2.80. The van der Waals surface area contributed by atoms with Crippen molar-refractivity contribution < 1.29 is 14.4 Å². The van der Waals surface area contributed by atoms with Gasteiger partial charge in [0.15, 0.2) is 0 Å². The van der Waals surface area contributed by atoms with Gasteiger partial charge in [-0.25, -0.2) is 0 Å². The Hall–Kier alpha value is -2.08. The summed E-state index contributed by atoms with van der Waals surface area (Å²) in [5.41, 5.74) is 1.05. The van der Waals surface area contributed by atoms with Gasteiger partial charge in [0.05, 0.1) is 10.7 Å². The summed E-state index contributed by atoms with van der Waals surface area (Å²) in [7, 11) is 0. The van der Waals surface area contributed by atoms with Crippen LogP contribution >= 0.6 is 11.6 Å². The second kappa shape index (κ2) is 9.84. The molecule has 23 heavy (non-hydrogen) atoms. The van der Waals surface area contributed by atoms with Crippen LogP contribution < -0.4 is 16.0 Å². The van der Waals surface area contributed by atoms with E-state index in [-0.39, 0.29) is 17.7 Å². The van der Waals surface area contributed by atoms with E-state index in [1.54, 1.807) is 18.2 Å². The molecular weight excluding hydrogens is 318 g/mol. The molecule has 0 aliphatic carbocycles. The molecule has 0 spiro atoms. The fraction of sp³-hybridized carbons (Fsp3) is 0.438. The topological polar surface area (TPSA) is 87.3 Å². The normalized spacial score (nSPS) is 10.0. The van der Waals surface area contributed by atoms with Crippen molar-refractivity contribution in [2.24, 2.45) is 0 Å². The number of nitrogens with one attached hydrogen (secondary N) is 3. The smallest absolute Gasteiger partial charge is 0.224 e. The number of unbranched alkanes of at least 4 members (excludes halogenated alkanes) is 2. The minimum atomic E-state index is -0.191. The molecule has 126 valence electrons. The molecule has 3 amide bonds. The van der Waals surface area contributed by atoms with Crippen LogP contribution in [0.1, 0.15) is 39.5 Å². The number of amides is 3. The highest BCUT2D eigenvalue weighted by Gasteiger charge is 2.07. The molecule has 1 aromatic rings. The molecule has 6 nitrogen and oxygen atoms in total. The minimum Gasteiger partial charge on any atom is -0.356 e. The summed E-state index contributed by atoms with van der Waals surface area (Å²) in [6, 6.07) is 4.91. The van der Waals surface area contributed by atoms with E-state index in [1.807, 2.05) is 0 Å². The van der Waals surface area contributed by atoms with E-state index in [0.29, 0.717) is 29.4 Å². The van der Waals surface area contributed by atoms with E-state index in [4.69, 9.17) is 11.6 Å². The molecule has 0 saturated carbocycles. The van der Waals surface area contributed by atoms with Gasteiger partial charge in [0, 0.05) is 32.5 Å². The van der Waals surface area contributed by atoms with Crippen molar-refractivity contribution in [3.8, 4) is 0 Å². The SMILES string of the molecule is CC(=O)NCCCCCC(=O)Nc1cc(NC(C)=O)ccc1Cl. The van der Waals surface area contributed by atoms with Crippen molar-refractivity contribution in [1.82, 2.24) is 5.32 Å². The zero-order valence-electron chi connectivity index (χ0n) is 13.4. The lowest BCUT2D eigenvalue weighted by Crippen LogP contribution is -2.20. The number of hydrogen-bond donors (Lipinski definition) is 3. The third kappa shape index (κ3) is 8.21. The number of halogens is 1. The molecule has 0 bridgehead atoms. The first-order chi connectivity index (χ1) is 10.9. The monoisotopic (exact) mass is 339 g/mol. The maximum atomic E-state index is 11.9. The Morgan fingerprint density at radius 1 is 1.00 bits per heavy atom. The number of rotatable bonds is 8. The lowest BCUT2D eigenvalue weighted by atomic mass is 10.2. The zero-order chi connectivity index (χ0) is 17.2. The fourth-order valence-electron chi connectivity index (χ4n) is 1.97. The van der Waals surface area contributed by atoms with E-state index in [0.717, 1.165) is 19.3 Å². The third-order valence-electron chi connectivity index (χ3n) is 3.02. The van der Waals surface area contributed by atoms with Gasteiger partial charge in [0.2, 0.25) is 17.7 Å². The largest absolute Gasteiger partial charge is 0.356 e. The summed E-state index contributed by atoms with van der Waals surface area (Å²) in [5, 5.41) is 8.50. The predicted octanol–water partition coefficient (Wildman–Crippen LogP) is 2.93. The molecule has 3 N–H and O–H groups in total. The van der Waals surface area contributed by atoms with Crippen LogP contribution in [0, 0.1) is 0 Å². The molecule has 0 aliphatic rings. The summed E-state index contributed by atoms with van der Waals surface area (Å²) in [6.45, 7) is 3.52. The summed E-state index contributed by atoms with van der Waals surface area (Å²) in [4.78, 5) is 33.7. The van der Waals surface area contributed by atoms with Crippen LogP contribution in [-0.4, -0.2) is 24.3 Å². The number of hydrogen-bond acceptors (Lipinski definition) is 3. The molecule has 0 unspecified atom stereocenters. The maximum Gasteiger partial charge on any atom is 0.224 e. The molecule has 0 heterocycles. The van der Waals surface area contributed by atoms with Gasteiger partial charge in [-0.3, -0.25) is 14.4 Å². The van der Waals surface area contributed by atoms with E-state index in [2.05, 4.69) is 16.0 Å². The summed E-state index contributed by atoms with van der Waals surface area (Å²) in [5.74, 6) is -0.369. The molecule has 0 aliphatic heterocycles. The van der Waals surface area contributed by atoms with Crippen LogP contribution in [0.25, 0.3) is 0 Å². The van der Waals surface area contributed by atoms with Crippen LogP contribution in [0.5, 0.6) is 0 Å². The third-order valence-corrected chi connectivity index (χ3v) is 3.34. The first-order valence-corrected chi connectivity index (χ1v) is 7.87. The van der Waals surface area contributed by atoms with Crippen LogP contribution in [-0.2, 0) is 14.4 Å². The highest BCUT2D eigenvalue weighted by Crippen LogP contribution is 2.25. The Labute approximate surface area is 141 Å². The molecule has 0 fully saturated rings. The maximum absolute atomic E-state index is 11.9. The van der Waals surface area contributed by atoms with Crippen LogP contribution in [0.2, 0.25) is 5.02 Å². The zero-order valence-corrected chi connectivity index (χ0v) is 14.1. The van der Waals surface area contributed by atoms with Gasteiger partial charge in [0.25, 0.3) is 0 Å². The second-order valence-electron chi connectivity index (χ2n) is 5.22. The van der Waals surface area contributed by atoms with Gasteiger partial charge < -0.3 is 16.0 Å². The van der Waals surface area contributed by atoms with E-state index >= 15 is 0 Å². The van der Waals surface area contributed by atoms with Crippen molar-refractivity contribution in [2.45, 2.75) is 39.5 Å². The van der Waals surface area contributed by atoms with Crippen molar-refractivity contribution in [3.63, 3.8) is 0 Å². The van der Waals surface area contributed by atoms with Gasteiger partial charge in [0.1, 0.15) is 0 Å². The van der Waals surface area contributed by atoms with E-state index in [9.17, 15) is 14.4 Å². The average Bonchev–Trinajstić information content (AvgIpc) is 2.45. The first-order valence-electron chi connectivity index (χ1n) is 7.50. The van der Waals surface area contributed by atoms with Crippen LogP contribution in [0.3, 0.4) is 0 Å². The standard InChI is InChI=1S/C16H22ClN3O3/c1-11(21)18-9-5-3-4-6-16(23)20-15-10-13(19-12(2)22)7-8-14(15)17/h7-8,10H,3-6,9H2,1-2H3,(H,18,21)(H,19,22)(H,20,23). The van der Waals surface area contributed by atoms with Gasteiger partial charge >= 0.3 is 0 Å². The molecule has 1 rings (SSSR count). The Bertz CT molecular complexity index is 576. The van der Waals surface area contributed by atoms with Crippen LogP contribution in [0.15, 0.2) is 18.2 Å². The lowest BCUT2D eigenvalue weighted by Gasteiger charge is -2.10. The Morgan fingerprint density at radius 3 is 2.39 bits per heavy atom. The van der Waals surface area contributed by atoms with Gasteiger partial charge in [-0.05, 0) is 31.0 Å². The molecule has 0 atom stereocenters. The molecule has 7 heteroatoms. The van der Waals surface area contributed by atoms with Crippen molar-refractivity contribution in [3.05, 3.63) is 23.2 Å². The fourth-order valence-corrected chi connectivity index (χ4v) is 2.13. The lowest BCUT2D eigenvalue weighted by molar-refractivity contribution is -0.119. The van der Waals surface area contributed by atoms with Gasteiger partial charge in [-0.2, -0.15) is 0 Å². The Kier molecular flexibility index (Phi) is 8.11. The van der Waals surface area contributed by atoms with Crippen LogP contribution in [0.4, 0.5) is 11.4 Å². The molecule has 0 saturated heterocycles. The quantitative estimate of drug-likeness (QED) is 0.636. The highest BCUT2D eigenvalue weighted by molar-refractivity contribution is 6.33.